The van der Waals surface area contributed by atoms with Crippen molar-refractivity contribution in [1.82, 2.24) is 0 Å². The van der Waals surface area contributed by atoms with Crippen LogP contribution in [0.3, 0.4) is 0 Å². The molecule has 0 aliphatic heterocycles. The van der Waals surface area contributed by atoms with Gasteiger partial charge in [0.15, 0.2) is 0 Å². The minimum atomic E-state index is 0.0873. The van der Waals surface area contributed by atoms with E-state index in [2.05, 4.69) is 21.9 Å². The molecular formula is C10H5ClN4. The number of rotatable bonds is 1. The summed E-state index contributed by atoms with van der Waals surface area (Å²) >= 11 is 5.71. The van der Waals surface area contributed by atoms with Crippen molar-refractivity contribution in [2.75, 3.05) is 6.54 Å². The maximum Gasteiger partial charge on any atom is 0.100 e. The minimum Gasteiger partial charge on any atom is -0.192 e. The van der Waals surface area contributed by atoms with Crippen molar-refractivity contribution in [2.24, 2.45) is 5.11 Å². The van der Waals surface area contributed by atoms with Gasteiger partial charge in [0.1, 0.15) is 6.07 Å². The van der Waals surface area contributed by atoms with Gasteiger partial charge in [-0.25, -0.2) is 0 Å². The third-order valence-corrected chi connectivity index (χ3v) is 1.77. The number of nitrogens with zero attached hydrogens (tertiary/aromatic N) is 4. The van der Waals surface area contributed by atoms with Crippen LogP contribution >= 0.6 is 11.6 Å². The molecule has 1 rings (SSSR count). The third kappa shape index (κ3) is 3.25. The number of azide groups is 1. The highest BCUT2D eigenvalue weighted by Gasteiger charge is 1.98. The molecule has 0 spiro atoms. The summed E-state index contributed by atoms with van der Waals surface area (Å²) in [7, 11) is 0. The molecule has 0 heterocycles. The molecule has 1 aromatic rings. The van der Waals surface area contributed by atoms with Crippen LogP contribution in [0.2, 0.25) is 5.02 Å². The third-order valence-electron chi connectivity index (χ3n) is 1.54. The van der Waals surface area contributed by atoms with Crippen molar-refractivity contribution >= 4 is 11.6 Å². The van der Waals surface area contributed by atoms with Crippen molar-refractivity contribution < 1.29 is 0 Å². The summed E-state index contributed by atoms with van der Waals surface area (Å²) < 4.78 is 0. The lowest BCUT2D eigenvalue weighted by Gasteiger charge is -1.94. The molecule has 0 amide bonds. The van der Waals surface area contributed by atoms with Crippen molar-refractivity contribution in [1.29, 1.82) is 5.26 Å². The molecule has 0 bridgehead atoms. The molecule has 0 aliphatic carbocycles. The lowest BCUT2D eigenvalue weighted by Crippen LogP contribution is -1.83. The van der Waals surface area contributed by atoms with Crippen LogP contribution in [0, 0.1) is 23.2 Å². The molecule has 0 aliphatic rings. The average molecular weight is 217 g/mol. The standard InChI is InChI=1S/C10H5ClN4/c11-10-4-3-8(9(6-10)7-12)2-1-5-14-15-13/h3-4,6H,5H2. The topological polar surface area (TPSA) is 72.5 Å². The van der Waals surface area contributed by atoms with E-state index in [0.29, 0.717) is 16.1 Å². The molecule has 0 radical (unpaired) electrons. The molecule has 72 valence electrons. The Morgan fingerprint density at radius 3 is 2.93 bits per heavy atom. The quantitative estimate of drug-likeness (QED) is 0.308. The summed E-state index contributed by atoms with van der Waals surface area (Å²) in [4.78, 5) is 2.56. The van der Waals surface area contributed by atoms with Crippen molar-refractivity contribution in [2.45, 2.75) is 0 Å². The second-order valence-corrected chi connectivity index (χ2v) is 2.93. The van der Waals surface area contributed by atoms with Crippen LogP contribution in [0.25, 0.3) is 10.4 Å². The van der Waals surface area contributed by atoms with Gasteiger partial charge in [-0.05, 0) is 23.7 Å². The summed E-state index contributed by atoms with van der Waals surface area (Å²) in [5.41, 5.74) is 9.01. The van der Waals surface area contributed by atoms with Gasteiger partial charge in [-0.1, -0.05) is 28.6 Å². The average Bonchev–Trinajstić information content (AvgIpc) is 2.26. The molecule has 0 atom stereocenters. The van der Waals surface area contributed by atoms with E-state index in [1.54, 1.807) is 18.2 Å². The summed E-state index contributed by atoms with van der Waals surface area (Å²) in [5.74, 6) is 5.36. The Kier molecular flexibility index (Phi) is 4.06. The monoisotopic (exact) mass is 216 g/mol. The van der Waals surface area contributed by atoms with E-state index >= 15 is 0 Å². The van der Waals surface area contributed by atoms with Crippen molar-refractivity contribution in [3.8, 4) is 17.9 Å². The van der Waals surface area contributed by atoms with Crippen molar-refractivity contribution in [3.63, 3.8) is 0 Å². The highest BCUT2D eigenvalue weighted by molar-refractivity contribution is 6.30. The summed E-state index contributed by atoms with van der Waals surface area (Å²) in [5, 5.41) is 12.5. The normalized spacial score (nSPS) is 8.00. The molecule has 4 nitrogen and oxygen atoms in total. The maximum absolute atomic E-state index is 8.79. The van der Waals surface area contributed by atoms with Crippen LogP contribution in [0.15, 0.2) is 23.3 Å². The fourth-order valence-electron chi connectivity index (χ4n) is 0.920. The van der Waals surface area contributed by atoms with Crippen molar-refractivity contribution in [3.05, 3.63) is 44.8 Å². The fourth-order valence-corrected chi connectivity index (χ4v) is 1.09. The summed E-state index contributed by atoms with van der Waals surface area (Å²) in [6.07, 6.45) is 0. The molecule has 0 saturated heterocycles. The van der Waals surface area contributed by atoms with Crippen LogP contribution in [-0.2, 0) is 0 Å². The second kappa shape index (κ2) is 5.57. The van der Waals surface area contributed by atoms with Gasteiger partial charge in [-0.3, -0.25) is 0 Å². The molecule has 0 unspecified atom stereocenters. The van der Waals surface area contributed by atoms with Gasteiger partial charge in [0.05, 0.1) is 12.1 Å². The second-order valence-electron chi connectivity index (χ2n) is 2.49. The molecule has 0 aromatic heterocycles. The molecule has 0 saturated carbocycles. The van der Waals surface area contributed by atoms with E-state index in [0.717, 1.165) is 0 Å². The van der Waals surface area contributed by atoms with Crippen LogP contribution in [0.5, 0.6) is 0 Å². The largest absolute Gasteiger partial charge is 0.192 e. The van der Waals surface area contributed by atoms with Gasteiger partial charge in [0, 0.05) is 15.5 Å². The number of nitriles is 1. The Hall–Kier alpha value is -2.13. The highest BCUT2D eigenvalue weighted by atomic mass is 35.5. The van der Waals surface area contributed by atoms with Crippen LogP contribution in [0.4, 0.5) is 0 Å². The number of hydrogen-bond acceptors (Lipinski definition) is 2. The van der Waals surface area contributed by atoms with Crippen LogP contribution < -0.4 is 0 Å². The molecule has 5 heteroatoms. The SMILES string of the molecule is N#Cc1cc(Cl)ccc1C#CCN=[N+]=[N-]. The highest BCUT2D eigenvalue weighted by Crippen LogP contribution is 2.14. The van der Waals surface area contributed by atoms with Gasteiger partial charge in [-0.2, -0.15) is 5.26 Å². The molecule has 15 heavy (non-hydrogen) atoms. The molecule has 0 N–H and O–H groups in total. The van der Waals surface area contributed by atoms with E-state index in [1.165, 1.54) is 0 Å². The summed E-state index contributed by atoms with van der Waals surface area (Å²) in [6, 6.07) is 6.84. The zero-order chi connectivity index (χ0) is 11.1. The summed E-state index contributed by atoms with van der Waals surface area (Å²) in [6.45, 7) is 0.0873. The maximum atomic E-state index is 8.79. The Morgan fingerprint density at radius 2 is 2.27 bits per heavy atom. The predicted octanol–water partition coefficient (Wildman–Crippen LogP) is 2.87. The first-order valence-corrected chi connectivity index (χ1v) is 4.35. The zero-order valence-corrected chi connectivity index (χ0v) is 8.36. The fraction of sp³-hybridized carbons (Fsp3) is 0.100. The van der Waals surface area contributed by atoms with Crippen LogP contribution in [0.1, 0.15) is 11.1 Å². The lowest BCUT2D eigenvalue weighted by atomic mass is 10.1. The smallest absolute Gasteiger partial charge is 0.100 e. The van der Waals surface area contributed by atoms with Gasteiger partial charge < -0.3 is 0 Å². The first-order chi connectivity index (χ1) is 7.27. The predicted molar refractivity (Wildman–Crippen MR) is 57.1 cm³/mol. The Morgan fingerprint density at radius 1 is 1.47 bits per heavy atom. The lowest BCUT2D eigenvalue weighted by molar-refractivity contribution is 1.25. The van der Waals surface area contributed by atoms with Gasteiger partial charge in [0.25, 0.3) is 0 Å². The van der Waals surface area contributed by atoms with E-state index in [9.17, 15) is 0 Å². The first-order valence-electron chi connectivity index (χ1n) is 3.97. The van der Waals surface area contributed by atoms with E-state index in [1.807, 2.05) is 6.07 Å². The Labute approximate surface area is 91.7 Å². The number of benzene rings is 1. The Bertz CT molecular complexity index is 512. The Balaban J connectivity index is 2.98. The van der Waals surface area contributed by atoms with Crippen LogP contribution in [-0.4, -0.2) is 6.54 Å². The van der Waals surface area contributed by atoms with E-state index in [-0.39, 0.29) is 6.54 Å². The number of hydrogen-bond donors (Lipinski definition) is 0. The van der Waals surface area contributed by atoms with Gasteiger partial charge in [0.2, 0.25) is 0 Å². The number of halogens is 1. The van der Waals surface area contributed by atoms with Gasteiger partial charge >= 0.3 is 0 Å². The first kappa shape index (κ1) is 10.9. The minimum absolute atomic E-state index is 0.0873. The molecular weight excluding hydrogens is 212 g/mol. The zero-order valence-electron chi connectivity index (χ0n) is 7.61. The van der Waals surface area contributed by atoms with Gasteiger partial charge in [-0.15, -0.1) is 0 Å². The van der Waals surface area contributed by atoms with E-state index < -0.39 is 0 Å². The molecule has 0 fully saturated rings. The van der Waals surface area contributed by atoms with E-state index in [4.69, 9.17) is 22.4 Å². The molecule has 1 aromatic carbocycles.